The summed E-state index contributed by atoms with van der Waals surface area (Å²) >= 11 is 0. The normalized spacial score (nSPS) is 10.6. The van der Waals surface area contributed by atoms with Crippen molar-refractivity contribution in [1.82, 2.24) is 10.3 Å². The van der Waals surface area contributed by atoms with Crippen LogP contribution in [0.4, 0.5) is 11.5 Å². The number of carbonyl (C=O) groups is 2. The van der Waals surface area contributed by atoms with Crippen molar-refractivity contribution < 1.29 is 14.2 Å². The Kier molecular flexibility index (Phi) is 4.55. The first-order valence-corrected chi connectivity index (χ1v) is 8.62. The van der Waals surface area contributed by atoms with Gasteiger partial charge in [-0.3, -0.25) is 9.59 Å². The minimum Gasteiger partial charge on any atom is -0.321 e. The summed E-state index contributed by atoms with van der Waals surface area (Å²) in [6.45, 7) is 1.66. The Morgan fingerprint density at radius 2 is 1.43 bits per heavy atom. The van der Waals surface area contributed by atoms with E-state index in [0.29, 0.717) is 11.4 Å². The van der Waals surface area contributed by atoms with Gasteiger partial charge in [0.05, 0.1) is 11.1 Å². The molecule has 7 heteroatoms. The second-order valence-electron chi connectivity index (χ2n) is 6.18. The van der Waals surface area contributed by atoms with Crippen molar-refractivity contribution in [2.45, 2.75) is 6.92 Å². The van der Waals surface area contributed by atoms with Crippen LogP contribution in [0.1, 0.15) is 26.4 Å². The molecule has 0 saturated heterocycles. The van der Waals surface area contributed by atoms with Crippen LogP contribution in [0.15, 0.2) is 71.4 Å². The number of rotatable bonds is 4. The molecule has 0 unspecified atom stereocenters. The fourth-order valence-corrected chi connectivity index (χ4v) is 2.92. The fourth-order valence-electron chi connectivity index (χ4n) is 2.92. The quantitative estimate of drug-likeness (QED) is 0.564. The van der Waals surface area contributed by atoms with Gasteiger partial charge in [0.25, 0.3) is 11.8 Å². The minimum atomic E-state index is -0.470. The molecule has 4 rings (SSSR count). The van der Waals surface area contributed by atoms with Gasteiger partial charge < -0.3 is 10.6 Å². The van der Waals surface area contributed by atoms with E-state index < -0.39 is 5.91 Å². The molecule has 0 radical (unpaired) electrons. The van der Waals surface area contributed by atoms with E-state index in [2.05, 4.69) is 25.6 Å². The van der Waals surface area contributed by atoms with Crippen LogP contribution in [0.2, 0.25) is 0 Å². The van der Waals surface area contributed by atoms with Crippen molar-refractivity contribution in [2.75, 3.05) is 10.6 Å². The van der Waals surface area contributed by atoms with Crippen molar-refractivity contribution in [3.8, 4) is 0 Å². The van der Waals surface area contributed by atoms with E-state index in [1.807, 2.05) is 42.5 Å². The summed E-state index contributed by atoms with van der Waals surface area (Å²) in [6.07, 6.45) is 0. The van der Waals surface area contributed by atoms with Gasteiger partial charge >= 0.3 is 0 Å². The van der Waals surface area contributed by atoms with Crippen LogP contribution in [0, 0.1) is 6.92 Å². The Balaban J connectivity index is 1.63. The number of aromatic nitrogens is 2. The molecule has 0 aliphatic rings. The maximum atomic E-state index is 12.9. The largest absolute Gasteiger partial charge is 0.321 e. The minimum absolute atomic E-state index is 0.217. The van der Waals surface area contributed by atoms with Crippen LogP contribution in [0.3, 0.4) is 0 Å². The number of hydrogen-bond acceptors (Lipinski definition) is 5. The van der Waals surface area contributed by atoms with Gasteiger partial charge in [0.2, 0.25) is 5.82 Å². The highest BCUT2D eigenvalue weighted by molar-refractivity contribution is 6.16. The van der Waals surface area contributed by atoms with Crippen molar-refractivity contribution >= 4 is 34.1 Å². The van der Waals surface area contributed by atoms with Crippen molar-refractivity contribution in [2.24, 2.45) is 0 Å². The summed E-state index contributed by atoms with van der Waals surface area (Å²) < 4.78 is 4.59. The first-order chi connectivity index (χ1) is 13.6. The molecule has 0 spiro atoms. The molecule has 0 aliphatic heterocycles. The number of amides is 2. The number of nitrogens with one attached hydrogen (secondary N) is 2. The topological polar surface area (TPSA) is 97.1 Å². The standard InChI is InChI=1S/C21H16N4O3/c1-13-19(25-28-24-13)23-21(27)17-11-5-4-10-16(17)20(26)22-18-12-6-8-14-7-2-3-9-15(14)18/h2-12H,1H3,(H,22,26)(H,23,25,27). The number of anilines is 2. The van der Waals surface area contributed by atoms with Gasteiger partial charge in [0, 0.05) is 11.1 Å². The molecule has 0 fully saturated rings. The lowest BCUT2D eigenvalue weighted by atomic mass is 10.0. The van der Waals surface area contributed by atoms with E-state index in [1.54, 1.807) is 31.2 Å². The van der Waals surface area contributed by atoms with E-state index in [9.17, 15) is 9.59 Å². The summed E-state index contributed by atoms with van der Waals surface area (Å²) in [6, 6.07) is 20.0. The molecule has 2 N–H and O–H groups in total. The summed E-state index contributed by atoms with van der Waals surface area (Å²) in [5.74, 6) is -0.631. The van der Waals surface area contributed by atoms with Gasteiger partial charge in [-0.25, -0.2) is 4.63 Å². The van der Waals surface area contributed by atoms with Gasteiger partial charge in [-0.15, -0.1) is 0 Å². The van der Waals surface area contributed by atoms with Gasteiger partial charge in [-0.2, -0.15) is 0 Å². The molecule has 0 bridgehead atoms. The van der Waals surface area contributed by atoms with E-state index >= 15 is 0 Å². The molecular weight excluding hydrogens is 356 g/mol. The predicted molar refractivity (Wildman–Crippen MR) is 105 cm³/mol. The molecule has 0 atom stereocenters. The highest BCUT2D eigenvalue weighted by Gasteiger charge is 2.19. The number of nitrogens with zero attached hydrogens (tertiary/aromatic N) is 2. The smallest absolute Gasteiger partial charge is 0.257 e. The van der Waals surface area contributed by atoms with Crippen LogP contribution in [0.25, 0.3) is 10.8 Å². The van der Waals surface area contributed by atoms with Gasteiger partial charge in [0.1, 0.15) is 5.69 Å². The summed E-state index contributed by atoms with van der Waals surface area (Å²) in [4.78, 5) is 25.6. The first-order valence-electron chi connectivity index (χ1n) is 8.62. The SMILES string of the molecule is Cc1nonc1NC(=O)c1ccccc1C(=O)Nc1cccc2ccccc12. The zero-order chi connectivity index (χ0) is 19.5. The molecule has 1 heterocycles. The average Bonchev–Trinajstić information content (AvgIpc) is 3.12. The predicted octanol–water partition coefficient (Wildman–Crippen LogP) is 4.04. The second-order valence-corrected chi connectivity index (χ2v) is 6.18. The van der Waals surface area contributed by atoms with Crippen LogP contribution in [-0.4, -0.2) is 22.1 Å². The highest BCUT2D eigenvalue weighted by atomic mass is 16.6. The van der Waals surface area contributed by atoms with Crippen molar-refractivity contribution in [3.63, 3.8) is 0 Å². The third kappa shape index (κ3) is 3.33. The third-order valence-corrected chi connectivity index (χ3v) is 4.34. The number of carbonyl (C=O) groups excluding carboxylic acids is 2. The molecule has 1 aromatic heterocycles. The highest BCUT2D eigenvalue weighted by Crippen LogP contribution is 2.24. The molecular formula is C21H16N4O3. The average molecular weight is 372 g/mol. The van der Waals surface area contributed by atoms with Crippen molar-refractivity contribution in [3.05, 3.63) is 83.6 Å². The molecule has 138 valence electrons. The van der Waals surface area contributed by atoms with Crippen LogP contribution in [0.5, 0.6) is 0 Å². The van der Waals surface area contributed by atoms with E-state index in [-0.39, 0.29) is 22.9 Å². The second kappa shape index (κ2) is 7.32. The Morgan fingerprint density at radius 1 is 0.786 bits per heavy atom. The summed E-state index contributed by atoms with van der Waals surface area (Å²) in [5.41, 5.74) is 1.60. The lowest BCUT2D eigenvalue weighted by molar-refractivity contribution is 0.0990. The lowest BCUT2D eigenvalue weighted by Crippen LogP contribution is -2.20. The Bertz CT molecular complexity index is 1180. The molecule has 7 nitrogen and oxygen atoms in total. The molecule has 4 aromatic rings. The third-order valence-electron chi connectivity index (χ3n) is 4.34. The summed E-state index contributed by atoms with van der Waals surface area (Å²) in [5, 5.41) is 14.7. The molecule has 3 aromatic carbocycles. The van der Waals surface area contributed by atoms with Gasteiger partial charge in [-0.05, 0) is 35.7 Å². The van der Waals surface area contributed by atoms with Gasteiger partial charge in [0.15, 0.2) is 0 Å². The molecule has 0 saturated carbocycles. The number of aryl methyl sites for hydroxylation is 1. The van der Waals surface area contributed by atoms with E-state index in [4.69, 9.17) is 0 Å². The Labute approximate surface area is 160 Å². The summed E-state index contributed by atoms with van der Waals surface area (Å²) in [7, 11) is 0. The van der Waals surface area contributed by atoms with Gasteiger partial charge in [-0.1, -0.05) is 53.7 Å². The van der Waals surface area contributed by atoms with E-state index in [1.165, 1.54) is 0 Å². The lowest BCUT2D eigenvalue weighted by Gasteiger charge is -2.11. The Hall–Kier alpha value is -4.00. The van der Waals surface area contributed by atoms with Crippen molar-refractivity contribution in [1.29, 1.82) is 0 Å². The van der Waals surface area contributed by atoms with E-state index in [0.717, 1.165) is 10.8 Å². The Morgan fingerprint density at radius 3 is 2.14 bits per heavy atom. The number of hydrogen-bond donors (Lipinski definition) is 2. The van der Waals surface area contributed by atoms with Crippen LogP contribution < -0.4 is 10.6 Å². The monoisotopic (exact) mass is 372 g/mol. The molecule has 0 aliphatic carbocycles. The van der Waals surface area contributed by atoms with Crippen LogP contribution in [-0.2, 0) is 0 Å². The maximum Gasteiger partial charge on any atom is 0.257 e. The molecule has 28 heavy (non-hydrogen) atoms. The zero-order valence-corrected chi connectivity index (χ0v) is 15.0. The fraction of sp³-hybridized carbons (Fsp3) is 0.0476. The van der Waals surface area contributed by atoms with Crippen LogP contribution >= 0.6 is 0 Å². The molecule has 2 amide bonds. The number of benzene rings is 3. The first kappa shape index (κ1) is 17.4. The maximum absolute atomic E-state index is 12.9. The zero-order valence-electron chi connectivity index (χ0n) is 15.0. The number of fused-ring (bicyclic) bond motifs is 1.